The fraction of sp³-hybridized carbons (Fsp3) is 1.00. The lowest BCUT2D eigenvalue weighted by Crippen LogP contribution is -2.43. The lowest BCUT2D eigenvalue weighted by Gasteiger charge is -2.29. The molecule has 6 heteroatoms. The molecule has 2 radical (unpaired) electrons. The molecule has 0 saturated carbocycles. The lowest BCUT2D eigenvalue weighted by atomic mass is 10.0. The summed E-state index contributed by atoms with van der Waals surface area (Å²) in [6.45, 7) is 1.51. The zero-order valence-electron chi connectivity index (χ0n) is 7.16. The molecule has 1 N–H and O–H groups in total. The average Bonchev–Trinajstić information content (AvgIpc) is 1.91. The van der Waals surface area contributed by atoms with Crippen LogP contribution in [0.4, 0.5) is 0 Å². The molecule has 0 aromatic heterocycles. The van der Waals surface area contributed by atoms with Crippen LogP contribution in [0, 0.1) is 0 Å². The minimum atomic E-state index is -3.05. The number of nitrogens with one attached hydrogen (secondary N) is 1. The highest BCUT2D eigenvalue weighted by Gasteiger charge is 2.18. The van der Waals surface area contributed by atoms with Gasteiger partial charge >= 0.3 is 0 Å². The topological polar surface area (TPSA) is 49.4 Å². The van der Waals surface area contributed by atoms with Gasteiger partial charge in [-0.3, -0.25) is 0 Å². The van der Waals surface area contributed by atoms with Gasteiger partial charge in [0.05, 0.1) is 6.26 Å². The second-order valence-electron chi connectivity index (χ2n) is 3.20. The zero-order valence-corrected chi connectivity index (χ0v) is 7.97. The molecule has 0 unspecified atom stereocenters. The van der Waals surface area contributed by atoms with Crippen molar-refractivity contribution in [2.24, 2.45) is 0 Å². The summed E-state index contributed by atoms with van der Waals surface area (Å²) >= 11 is 0. The van der Waals surface area contributed by atoms with E-state index in [9.17, 15) is 8.42 Å². The molecule has 0 atom stereocenters. The fourth-order valence-electron chi connectivity index (χ4n) is 1.32. The molecule has 0 bridgehead atoms. The molecule has 68 valence electrons. The molecule has 4 nitrogen and oxygen atoms in total. The molecule has 1 heterocycles. The standard InChI is InChI=1S/C6H13BN2O2S/c1-12(10,11)8-6-2-4-9(7)5-3-6/h6,8H,2-5H2,1H3. The molecule has 1 aliphatic heterocycles. The zero-order chi connectivity index (χ0) is 9.19. The van der Waals surface area contributed by atoms with Crippen LogP contribution < -0.4 is 4.72 Å². The lowest BCUT2D eigenvalue weighted by molar-refractivity contribution is 0.321. The van der Waals surface area contributed by atoms with E-state index in [0.717, 1.165) is 25.9 Å². The molecule has 1 saturated heterocycles. The first-order chi connectivity index (χ1) is 5.47. The maximum atomic E-state index is 10.8. The highest BCUT2D eigenvalue weighted by atomic mass is 32.2. The third-order valence-electron chi connectivity index (χ3n) is 1.91. The van der Waals surface area contributed by atoms with Gasteiger partial charge in [0.25, 0.3) is 0 Å². The van der Waals surface area contributed by atoms with Gasteiger partial charge in [-0.2, -0.15) is 0 Å². The number of nitrogens with zero attached hydrogens (tertiary/aromatic N) is 1. The summed E-state index contributed by atoms with van der Waals surface area (Å²) in [6, 6.07) is 0.0693. The summed E-state index contributed by atoms with van der Waals surface area (Å²) < 4.78 is 24.2. The maximum absolute atomic E-state index is 10.8. The second-order valence-corrected chi connectivity index (χ2v) is 4.98. The van der Waals surface area contributed by atoms with Gasteiger partial charge in [-0.25, -0.2) is 13.1 Å². The quantitative estimate of drug-likeness (QED) is 0.570. The van der Waals surface area contributed by atoms with Crippen LogP contribution in [0.3, 0.4) is 0 Å². The number of hydrogen-bond acceptors (Lipinski definition) is 3. The smallest absolute Gasteiger partial charge is 0.208 e. The van der Waals surface area contributed by atoms with E-state index in [4.69, 9.17) is 7.98 Å². The van der Waals surface area contributed by atoms with E-state index >= 15 is 0 Å². The predicted molar refractivity (Wildman–Crippen MR) is 48.3 cm³/mol. The van der Waals surface area contributed by atoms with Gasteiger partial charge in [-0.15, -0.1) is 0 Å². The van der Waals surface area contributed by atoms with Crippen molar-refractivity contribution in [3.63, 3.8) is 0 Å². The summed E-state index contributed by atoms with van der Waals surface area (Å²) in [7, 11) is 2.47. The molecular formula is C6H13BN2O2S. The van der Waals surface area contributed by atoms with Crippen molar-refractivity contribution in [2.45, 2.75) is 18.9 Å². The Bertz CT molecular complexity index is 234. The molecular weight excluding hydrogens is 175 g/mol. The summed E-state index contributed by atoms with van der Waals surface area (Å²) in [6.07, 6.45) is 2.77. The van der Waals surface area contributed by atoms with Crippen LogP contribution in [-0.4, -0.2) is 46.6 Å². The molecule has 0 aliphatic carbocycles. The molecule has 0 aromatic carbocycles. The summed E-state index contributed by atoms with van der Waals surface area (Å²) in [5, 5.41) is 0. The van der Waals surface area contributed by atoms with Crippen LogP contribution in [0.2, 0.25) is 0 Å². The number of sulfonamides is 1. The van der Waals surface area contributed by atoms with Gasteiger partial charge in [-0.1, -0.05) is 0 Å². The van der Waals surface area contributed by atoms with Crippen LogP contribution in [0.1, 0.15) is 12.8 Å². The second kappa shape index (κ2) is 3.76. The molecule has 1 aliphatic rings. The van der Waals surface area contributed by atoms with E-state index < -0.39 is 10.0 Å². The first kappa shape index (κ1) is 10.0. The van der Waals surface area contributed by atoms with Gasteiger partial charge in [0.15, 0.2) is 7.98 Å². The molecule has 0 aromatic rings. The van der Waals surface area contributed by atoms with Gasteiger partial charge in [-0.05, 0) is 25.9 Å². The van der Waals surface area contributed by atoms with E-state index in [1.54, 1.807) is 4.81 Å². The first-order valence-corrected chi connectivity index (χ1v) is 5.83. The van der Waals surface area contributed by atoms with Crippen LogP contribution in [0.25, 0.3) is 0 Å². The van der Waals surface area contributed by atoms with Crippen molar-refractivity contribution >= 4 is 18.0 Å². The van der Waals surface area contributed by atoms with Crippen LogP contribution in [0.5, 0.6) is 0 Å². The Morgan fingerprint density at radius 2 is 1.92 bits per heavy atom. The number of rotatable bonds is 2. The van der Waals surface area contributed by atoms with E-state index in [1.165, 1.54) is 6.26 Å². The number of hydrogen-bond donors (Lipinski definition) is 1. The summed E-state index contributed by atoms with van der Waals surface area (Å²) in [5.74, 6) is 0. The molecule has 1 rings (SSSR count). The third kappa shape index (κ3) is 3.56. The number of piperidine rings is 1. The largest absolute Gasteiger partial charge is 0.353 e. The molecule has 12 heavy (non-hydrogen) atoms. The Labute approximate surface area is 74.8 Å². The van der Waals surface area contributed by atoms with E-state index in [2.05, 4.69) is 4.72 Å². The first-order valence-electron chi connectivity index (χ1n) is 3.94. The maximum Gasteiger partial charge on any atom is 0.208 e. The van der Waals surface area contributed by atoms with Crippen molar-refractivity contribution in [3.05, 3.63) is 0 Å². The molecule has 1 fully saturated rings. The van der Waals surface area contributed by atoms with Crippen LogP contribution >= 0.6 is 0 Å². The van der Waals surface area contributed by atoms with Crippen molar-refractivity contribution in [1.82, 2.24) is 9.53 Å². The van der Waals surface area contributed by atoms with Crippen LogP contribution in [0.15, 0.2) is 0 Å². The highest BCUT2D eigenvalue weighted by molar-refractivity contribution is 7.88. The van der Waals surface area contributed by atoms with E-state index in [-0.39, 0.29) is 6.04 Å². The van der Waals surface area contributed by atoms with Crippen molar-refractivity contribution in [2.75, 3.05) is 19.3 Å². The SMILES string of the molecule is [B]N1CCC(NS(C)(=O)=O)CC1. The van der Waals surface area contributed by atoms with Gasteiger partial charge in [0.2, 0.25) is 10.0 Å². The Morgan fingerprint density at radius 1 is 1.42 bits per heavy atom. The minimum absolute atomic E-state index is 0.0693. The van der Waals surface area contributed by atoms with Gasteiger partial charge < -0.3 is 4.81 Å². The van der Waals surface area contributed by atoms with E-state index in [0.29, 0.717) is 0 Å². The Morgan fingerprint density at radius 3 is 2.33 bits per heavy atom. The minimum Gasteiger partial charge on any atom is -0.353 e. The molecule has 0 spiro atoms. The summed E-state index contributed by atoms with van der Waals surface area (Å²) in [4.78, 5) is 1.71. The third-order valence-corrected chi connectivity index (χ3v) is 2.67. The monoisotopic (exact) mass is 188 g/mol. The van der Waals surface area contributed by atoms with Crippen molar-refractivity contribution in [1.29, 1.82) is 0 Å². The molecule has 0 amide bonds. The van der Waals surface area contributed by atoms with Gasteiger partial charge in [0.1, 0.15) is 0 Å². The fourth-order valence-corrected chi connectivity index (χ4v) is 2.16. The summed E-state index contributed by atoms with van der Waals surface area (Å²) in [5.41, 5.74) is 0. The highest BCUT2D eigenvalue weighted by Crippen LogP contribution is 2.08. The predicted octanol–water partition coefficient (Wildman–Crippen LogP) is -0.916. The van der Waals surface area contributed by atoms with E-state index in [1.807, 2.05) is 0 Å². The van der Waals surface area contributed by atoms with Crippen molar-refractivity contribution < 1.29 is 8.42 Å². The van der Waals surface area contributed by atoms with Crippen LogP contribution in [-0.2, 0) is 10.0 Å². The van der Waals surface area contributed by atoms with Gasteiger partial charge in [0, 0.05) is 6.04 Å². The Kier molecular flexibility index (Phi) is 3.14. The Hall–Kier alpha value is -0.0651. The normalized spacial score (nSPS) is 22.8. The Balaban J connectivity index is 2.36. The van der Waals surface area contributed by atoms with Crippen molar-refractivity contribution in [3.8, 4) is 0 Å². The average molecular weight is 188 g/mol.